The highest BCUT2D eigenvalue weighted by Gasteiger charge is 2.41. The predicted octanol–water partition coefficient (Wildman–Crippen LogP) is 3.36. The van der Waals surface area contributed by atoms with E-state index in [0.29, 0.717) is 5.01 Å². The number of alkyl halides is 5. The molecule has 156 valence electrons. The number of fused-ring (bicyclic) bond motifs is 1. The van der Waals surface area contributed by atoms with E-state index in [0.717, 1.165) is 27.7 Å². The molecule has 1 aliphatic heterocycles. The van der Waals surface area contributed by atoms with Crippen LogP contribution in [-0.4, -0.2) is 57.7 Å². The zero-order valence-electron chi connectivity index (χ0n) is 14.9. The Morgan fingerprint density at radius 3 is 2.71 bits per heavy atom. The maximum atomic E-state index is 13.5. The van der Waals surface area contributed by atoms with E-state index in [2.05, 4.69) is 10.1 Å². The fraction of sp³-hybridized carbons (Fsp3) is 0.667. The number of nitrogens with zero attached hydrogens (tertiary/aromatic N) is 4. The fourth-order valence-electron chi connectivity index (χ4n) is 2.83. The molecule has 3 unspecified atom stereocenters. The van der Waals surface area contributed by atoms with Gasteiger partial charge in [0, 0.05) is 13.5 Å². The molecule has 28 heavy (non-hydrogen) atoms. The molecule has 1 amide bonds. The Morgan fingerprint density at radius 1 is 1.39 bits per heavy atom. The third-order valence-corrected chi connectivity index (χ3v) is 5.03. The van der Waals surface area contributed by atoms with E-state index < -0.39 is 43.0 Å². The fourth-order valence-corrected chi connectivity index (χ4v) is 3.71. The predicted molar refractivity (Wildman–Crippen MR) is 87.3 cm³/mol. The highest BCUT2D eigenvalue weighted by atomic mass is 32.1. The van der Waals surface area contributed by atoms with Gasteiger partial charge in [-0.15, -0.1) is 0 Å². The molecular formula is C15H17F5N4O3S. The number of ether oxygens (including phenoxy) is 2. The maximum absolute atomic E-state index is 13.5. The van der Waals surface area contributed by atoms with Crippen molar-refractivity contribution in [3.8, 4) is 0 Å². The first-order valence-corrected chi connectivity index (χ1v) is 9.09. The third kappa shape index (κ3) is 4.19. The smallest absolute Gasteiger partial charge is 0.435 e. The Morgan fingerprint density at radius 2 is 2.11 bits per heavy atom. The number of rotatable bonds is 7. The van der Waals surface area contributed by atoms with Crippen LogP contribution in [0.2, 0.25) is 0 Å². The number of imidazole rings is 1. The summed E-state index contributed by atoms with van der Waals surface area (Å²) in [6.07, 6.45) is -10.5. The monoisotopic (exact) mass is 428 g/mol. The maximum Gasteiger partial charge on any atom is 0.435 e. The summed E-state index contributed by atoms with van der Waals surface area (Å²) < 4.78 is 77.5. The standard InChI is InChI=1S/C15H17F5N4O3S/c1-7(16)9(17)3-8-4-23(14(25)27-8)5-10-12(15(18,19)20)21-13-24(10)22-11(28-13)6-26-2/h7-9H,3-6H2,1-2H3. The van der Waals surface area contributed by atoms with Gasteiger partial charge in [-0.05, 0) is 6.92 Å². The molecule has 0 aromatic carbocycles. The van der Waals surface area contributed by atoms with E-state index >= 15 is 0 Å². The summed E-state index contributed by atoms with van der Waals surface area (Å²) >= 11 is 0.934. The molecule has 2 aromatic rings. The van der Waals surface area contributed by atoms with Gasteiger partial charge in [-0.1, -0.05) is 11.3 Å². The normalized spacial score (nSPS) is 20.0. The second-order valence-corrected chi connectivity index (χ2v) is 7.38. The molecule has 1 aliphatic rings. The van der Waals surface area contributed by atoms with Gasteiger partial charge in [0.15, 0.2) is 5.69 Å². The first kappa shape index (κ1) is 20.7. The summed E-state index contributed by atoms with van der Waals surface area (Å²) in [7, 11) is 1.42. The first-order valence-electron chi connectivity index (χ1n) is 8.27. The molecule has 13 heteroatoms. The van der Waals surface area contributed by atoms with Crippen molar-refractivity contribution in [2.75, 3.05) is 13.7 Å². The van der Waals surface area contributed by atoms with Crippen molar-refractivity contribution >= 4 is 22.4 Å². The molecule has 3 rings (SSSR count). The lowest BCUT2D eigenvalue weighted by molar-refractivity contribution is -0.141. The quantitative estimate of drug-likeness (QED) is 0.633. The molecule has 3 heterocycles. The Hall–Kier alpha value is -2.02. The van der Waals surface area contributed by atoms with Crippen LogP contribution in [0.4, 0.5) is 26.7 Å². The number of cyclic esters (lactones) is 1. The topological polar surface area (TPSA) is 69.0 Å². The molecule has 0 aliphatic carbocycles. The lowest BCUT2D eigenvalue weighted by atomic mass is 10.1. The molecule has 7 nitrogen and oxygen atoms in total. The van der Waals surface area contributed by atoms with Gasteiger partial charge in [-0.2, -0.15) is 18.3 Å². The van der Waals surface area contributed by atoms with Crippen LogP contribution in [-0.2, 0) is 28.8 Å². The molecule has 1 saturated heterocycles. The van der Waals surface area contributed by atoms with Crippen LogP contribution >= 0.6 is 11.3 Å². The largest absolute Gasteiger partial charge is 0.444 e. The van der Waals surface area contributed by atoms with Crippen LogP contribution in [0.5, 0.6) is 0 Å². The number of aromatic nitrogens is 3. The SMILES string of the molecule is COCc1nn2c(CN3CC(CC(F)C(C)F)OC3=O)c(C(F)(F)F)nc2s1. The van der Waals surface area contributed by atoms with Crippen molar-refractivity contribution in [1.82, 2.24) is 19.5 Å². The van der Waals surface area contributed by atoms with E-state index in [4.69, 9.17) is 9.47 Å². The number of carbonyl (C=O) groups excluding carboxylic acids is 1. The van der Waals surface area contributed by atoms with Crippen LogP contribution in [0, 0.1) is 0 Å². The van der Waals surface area contributed by atoms with Crippen LogP contribution < -0.4 is 0 Å². The number of hydrogen-bond donors (Lipinski definition) is 0. The Labute approximate surface area is 160 Å². The van der Waals surface area contributed by atoms with Crippen LogP contribution in [0.15, 0.2) is 0 Å². The third-order valence-electron chi connectivity index (χ3n) is 4.15. The summed E-state index contributed by atoms with van der Waals surface area (Å²) in [5.41, 5.74) is -1.50. The van der Waals surface area contributed by atoms with Gasteiger partial charge in [-0.3, -0.25) is 4.90 Å². The average molecular weight is 428 g/mol. The van der Waals surface area contributed by atoms with Gasteiger partial charge in [0.1, 0.15) is 23.5 Å². The molecule has 1 fully saturated rings. The van der Waals surface area contributed by atoms with Gasteiger partial charge < -0.3 is 9.47 Å². The number of hydrogen-bond acceptors (Lipinski definition) is 6. The van der Waals surface area contributed by atoms with Crippen molar-refractivity contribution in [2.45, 2.75) is 51.1 Å². The van der Waals surface area contributed by atoms with E-state index in [9.17, 15) is 26.7 Å². The van der Waals surface area contributed by atoms with Gasteiger partial charge in [0.05, 0.1) is 25.4 Å². The highest BCUT2D eigenvalue weighted by molar-refractivity contribution is 7.16. The molecule has 0 bridgehead atoms. The molecule has 0 radical (unpaired) electrons. The van der Waals surface area contributed by atoms with Crippen molar-refractivity contribution in [3.05, 3.63) is 16.4 Å². The van der Waals surface area contributed by atoms with Gasteiger partial charge in [0.2, 0.25) is 4.96 Å². The van der Waals surface area contributed by atoms with E-state index in [-0.39, 0.29) is 30.2 Å². The minimum Gasteiger partial charge on any atom is -0.444 e. The second-order valence-electron chi connectivity index (χ2n) is 6.34. The van der Waals surface area contributed by atoms with Gasteiger partial charge >= 0.3 is 12.3 Å². The summed E-state index contributed by atoms with van der Waals surface area (Å²) in [4.78, 5) is 16.6. The molecule has 2 aromatic heterocycles. The van der Waals surface area contributed by atoms with Crippen molar-refractivity contribution in [2.24, 2.45) is 0 Å². The molecule has 0 saturated carbocycles. The summed E-state index contributed by atoms with van der Waals surface area (Å²) in [5.74, 6) is 0. The van der Waals surface area contributed by atoms with Crippen LogP contribution in [0.3, 0.4) is 0 Å². The van der Waals surface area contributed by atoms with Crippen LogP contribution in [0.25, 0.3) is 4.96 Å². The van der Waals surface area contributed by atoms with E-state index in [1.807, 2.05) is 0 Å². The molecule has 3 atom stereocenters. The Kier molecular flexibility index (Phi) is 5.75. The van der Waals surface area contributed by atoms with E-state index in [1.165, 1.54) is 7.11 Å². The summed E-state index contributed by atoms with van der Waals surface area (Å²) in [6.45, 7) is 0.495. The van der Waals surface area contributed by atoms with Gasteiger partial charge in [-0.25, -0.2) is 23.1 Å². The molecular weight excluding hydrogens is 411 g/mol. The molecule has 0 N–H and O–H groups in total. The lowest BCUT2D eigenvalue weighted by Crippen LogP contribution is -2.28. The second kappa shape index (κ2) is 7.78. The molecule has 0 spiro atoms. The summed E-state index contributed by atoms with van der Waals surface area (Å²) in [6, 6.07) is 0. The van der Waals surface area contributed by atoms with Crippen LogP contribution in [0.1, 0.15) is 29.7 Å². The highest BCUT2D eigenvalue weighted by Crippen LogP contribution is 2.34. The van der Waals surface area contributed by atoms with Crippen molar-refractivity contribution in [1.29, 1.82) is 0 Å². The van der Waals surface area contributed by atoms with Crippen molar-refractivity contribution < 1.29 is 36.2 Å². The summed E-state index contributed by atoms with van der Waals surface area (Å²) in [5, 5.41) is 4.47. The number of carbonyl (C=O) groups is 1. The number of amides is 1. The number of halogens is 5. The van der Waals surface area contributed by atoms with E-state index in [1.54, 1.807) is 0 Å². The van der Waals surface area contributed by atoms with Crippen molar-refractivity contribution in [3.63, 3.8) is 0 Å². The minimum atomic E-state index is -4.75. The zero-order valence-corrected chi connectivity index (χ0v) is 15.7. The van der Waals surface area contributed by atoms with Gasteiger partial charge in [0.25, 0.3) is 0 Å². The Bertz CT molecular complexity index is 853. The number of methoxy groups -OCH3 is 1. The lowest BCUT2D eigenvalue weighted by Gasteiger charge is -2.15. The first-order chi connectivity index (χ1) is 13.1. The minimum absolute atomic E-state index is 0.00793. The average Bonchev–Trinajstić information content (AvgIpc) is 3.22. The Balaban J connectivity index is 1.85. The zero-order chi connectivity index (χ0) is 20.6.